The predicted molar refractivity (Wildman–Crippen MR) is 95.7 cm³/mol. The molecule has 0 radical (unpaired) electrons. The Balaban J connectivity index is 1.50. The second-order valence-corrected chi connectivity index (χ2v) is 6.35. The fourth-order valence-electron chi connectivity index (χ4n) is 2.92. The Kier molecular flexibility index (Phi) is 5.31. The van der Waals surface area contributed by atoms with Gasteiger partial charge >= 0.3 is 0 Å². The first-order valence-electron chi connectivity index (χ1n) is 8.43. The molecule has 0 unspecified atom stereocenters. The number of anilines is 1. The highest BCUT2D eigenvalue weighted by atomic mass is 16.5. The zero-order valence-corrected chi connectivity index (χ0v) is 14.2. The number of ether oxygens (including phenoxy) is 1. The van der Waals surface area contributed by atoms with Crippen LogP contribution in [0.25, 0.3) is 0 Å². The van der Waals surface area contributed by atoms with Crippen molar-refractivity contribution in [3.63, 3.8) is 0 Å². The monoisotopic (exact) mass is 341 g/mol. The van der Waals surface area contributed by atoms with Gasteiger partial charge in [-0.15, -0.1) is 0 Å². The van der Waals surface area contributed by atoms with Crippen LogP contribution >= 0.6 is 0 Å². The Morgan fingerprint density at radius 2 is 2.28 bits per heavy atom. The van der Waals surface area contributed by atoms with Crippen molar-refractivity contribution in [1.29, 1.82) is 0 Å². The number of nitrogens with zero attached hydrogens (tertiary/aromatic N) is 1. The van der Waals surface area contributed by atoms with E-state index >= 15 is 0 Å². The lowest BCUT2D eigenvalue weighted by Crippen LogP contribution is -2.36. The van der Waals surface area contributed by atoms with E-state index in [2.05, 4.69) is 10.3 Å². The number of ketones is 1. The van der Waals surface area contributed by atoms with Crippen LogP contribution in [0, 0.1) is 0 Å². The lowest BCUT2D eigenvalue weighted by molar-refractivity contribution is 0.101. The van der Waals surface area contributed by atoms with E-state index in [-0.39, 0.29) is 11.9 Å². The first-order valence-corrected chi connectivity index (χ1v) is 8.43. The van der Waals surface area contributed by atoms with Crippen molar-refractivity contribution < 1.29 is 14.6 Å². The number of fused-ring (bicyclic) bond motifs is 1. The molecule has 3 rings (SSSR count). The molecule has 1 aromatic carbocycles. The number of aliphatic hydroxyl groups is 1. The zero-order chi connectivity index (χ0) is 17.8. The quantitative estimate of drug-likeness (QED) is 0.694. The minimum Gasteiger partial charge on any atom is -0.489 e. The number of carbonyl (C=O) groups excluding carboxylic acids is 1. The van der Waals surface area contributed by atoms with Crippen molar-refractivity contribution in [2.75, 3.05) is 18.8 Å². The molecule has 132 valence electrons. The summed E-state index contributed by atoms with van der Waals surface area (Å²) in [5.74, 6) is 1.34. The van der Waals surface area contributed by atoms with E-state index in [1.807, 2.05) is 12.1 Å². The highest BCUT2D eigenvalue weighted by Crippen LogP contribution is 2.28. The molecular formula is C19H23N3O3. The van der Waals surface area contributed by atoms with Crippen LogP contribution in [0.4, 0.5) is 5.82 Å². The molecule has 1 aliphatic heterocycles. The normalized spacial score (nSPS) is 17.4. The molecule has 25 heavy (non-hydrogen) atoms. The molecule has 6 nitrogen and oxygen atoms in total. The van der Waals surface area contributed by atoms with Crippen molar-refractivity contribution >= 4 is 11.6 Å². The Bertz CT molecular complexity index is 746. The van der Waals surface area contributed by atoms with Gasteiger partial charge in [0.15, 0.2) is 5.78 Å². The minimum atomic E-state index is -0.637. The zero-order valence-electron chi connectivity index (χ0n) is 14.2. The molecule has 0 fully saturated rings. The maximum absolute atomic E-state index is 11.5. The Labute approximate surface area is 147 Å². The third kappa shape index (κ3) is 4.35. The molecule has 0 saturated heterocycles. The maximum Gasteiger partial charge on any atom is 0.159 e. The standard InChI is InChI=1S/C19H23N3O3/c1-12(23)13-3-6-18-14(8-13)2-5-16(25-18)10-21-11-17(24)15-4-7-19(20)22-9-15/h3-4,6-9,16-17,21,24H,2,5,10-11H2,1H3,(H2,20,22)/t16-,17+/m1/s1. The van der Waals surface area contributed by atoms with Gasteiger partial charge in [-0.25, -0.2) is 4.98 Å². The number of aryl methyl sites for hydroxylation is 1. The van der Waals surface area contributed by atoms with Crippen LogP contribution in [-0.4, -0.2) is 35.1 Å². The Morgan fingerprint density at radius 3 is 3.00 bits per heavy atom. The van der Waals surface area contributed by atoms with Gasteiger partial charge in [0.25, 0.3) is 0 Å². The molecule has 0 aliphatic carbocycles. The van der Waals surface area contributed by atoms with Gasteiger partial charge in [0.1, 0.15) is 17.7 Å². The largest absolute Gasteiger partial charge is 0.489 e. The van der Waals surface area contributed by atoms with Gasteiger partial charge in [-0.05, 0) is 49.6 Å². The van der Waals surface area contributed by atoms with Crippen LogP contribution in [-0.2, 0) is 6.42 Å². The van der Waals surface area contributed by atoms with E-state index in [4.69, 9.17) is 10.5 Å². The fourth-order valence-corrected chi connectivity index (χ4v) is 2.92. The van der Waals surface area contributed by atoms with E-state index < -0.39 is 6.10 Å². The van der Waals surface area contributed by atoms with Crippen LogP contribution in [0.15, 0.2) is 36.5 Å². The van der Waals surface area contributed by atoms with E-state index in [0.29, 0.717) is 18.9 Å². The molecule has 1 aromatic heterocycles. The number of Topliss-reactive ketones (excluding diaryl/α,β-unsaturated/α-hetero) is 1. The van der Waals surface area contributed by atoms with E-state index in [0.717, 1.165) is 35.3 Å². The maximum atomic E-state index is 11.5. The first kappa shape index (κ1) is 17.4. The predicted octanol–water partition coefficient (Wildman–Crippen LogP) is 1.88. The summed E-state index contributed by atoms with van der Waals surface area (Å²) >= 11 is 0. The van der Waals surface area contributed by atoms with Crippen LogP contribution in [0.3, 0.4) is 0 Å². The molecule has 2 aromatic rings. The molecule has 0 saturated carbocycles. The molecule has 2 atom stereocenters. The van der Waals surface area contributed by atoms with Crippen LogP contribution in [0.2, 0.25) is 0 Å². The number of pyridine rings is 1. The van der Waals surface area contributed by atoms with Gasteiger partial charge in [0.2, 0.25) is 0 Å². The van der Waals surface area contributed by atoms with Gasteiger partial charge in [-0.2, -0.15) is 0 Å². The summed E-state index contributed by atoms with van der Waals surface area (Å²) in [5, 5.41) is 13.4. The average Bonchev–Trinajstić information content (AvgIpc) is 2.61. The van der Waals surface area contributed by atoms with Crippen molar-refractivity contribution in [1.82, 2.24) is 10.3 Å². The van der Waals surface area contributed by atoms with Gasteiger partial charge in [-0.3, -0.25) is 4.79 Å². The molecule has 4 N–H and O–H groups in total. The molecule has 0 bridgehead atoms. The second-order valence-electron chi connectivity index (χ2n) is 6.35. The number of carbonyl (C=O) groups is 1. The fraction of sp³-hybridized carbons (Fsp3) is 0.368. The first-order chi connectivity index (χ1) is 12.0. The average molecular weight is 341 g/mol. The number of nitrogen functional groups attached to an aromatic ring is 1. The number of nitrogens with two attached hydrogens (primary N) is 1. The van der Waals surface area contributed by atoms with E-state index in [9.17, 15) is 9.90 Å². The summed E-state index contributed by atoms with van der Waals surface area (Å²) in [6.07, 6.45) is 2.75. The van der Waals surface area contributed by atoms with Crippen LogP contribution in [0.1, 0.15) is 40.9 Å². The number of aliphatic hydroxyl groups excluding tert-OH is 1. The number of aromatic nitrogens is 1. The summed E-state index contributed by atoms with van der Waals surface area (Å²) in [7, 11) is 0. The number of hydrogen-bond donors (Lipinski definition) is 3. The van der Waals surface area contributed by atoms with Crippen molar-refractivity contribution in [3.8, 4) is 5.75 Å². The van der Waals surface area contributed by atoms with Crippen molar-refractivity contribution in [3.05, 3.63) is 53.2 Å². The Hall–Kier alpha value is -2.44. The number of hydrogen-bond acceptors (Lipinski definition) is 6. The summed E-state index contributed by atoms with van der Waals surface area (Å²) in [6, 6.07) is 9.03. The molecule has 6 heteroatoms. The van der Waals surface area contributed by atoms with Crippen LogP contribution in [0.5, 0.6) is 5.75 Å². The SMILES string of the molecule is CC(=O)c1ccc2c(c1)CC[C@H](CNC[C@H](O)c1ccc(N)nc1)O2. The molecule has 0 amide bonds. The van der Waals surface area contributed by atoms with E-state index in [1.165, 1.54) is 0 Å². The van der Waals surface area contributed by atoms with Gasteiger partial charge in [-0.1, -0.05) is 6.07 Å². The molecule has 2 heterocycles. The smallest absolute Gasteiger partial charge is 0.159 e. The topological polar surface area (TPSA) is 97.5 Å². The number of benzene rings is 1. The van der Waals surface area contributed by atoms with Crippen molar-refractivity contribution in [2.45, 2.75) is 32.0 Å². The Morgan fingerprint density at radius 1 is 1.44 bits per heavy atom. The lowest BCUT2D eigenvalue weighted by Gasteiger charge is -2.27. The highest BCUT2D eigenvalue weighted by Gasteiger charge is 2.20. The van der Waals surface area contributed by atoms with Gasteiger partial charge in [0.05, 0.1) is 6.10 Å². The van der Waals surface area contributed by atoms with Crippen LogP contribution < -0.4 is 15.8 Å². The van der Waals surface area contributed by atoms with Crippen molar-refractivity contribution in [2.24, 2.45) is 0 Å². The third-order valence-electron chi connectivity index (χ3n) is 4.40. The molecule has 0 spiro atoms. The minimum absolute atomic E-state index is 0.0485. The summed E-state index contributed by atoms with van der Waals surface area (Å²) in [5.41, 5.74) is 8.08. The third-order valence-corrected chi connectivity index (χ3v) is 4.40. The highest BCUT2D eigenvalue weighted by molar-refractivity contribution is 5.94. The summed E-state index contributed by atoms with van der Waals surface area (Å²) in [4.78, 5) is 15.4. The lowest BCUT2D eigenvalue weighted by atomic mass is 9.99. The summed E-state index contributed by atoms with van der Waals surface area (Å²) < 4.78 is 5.99. The molecule has 1 aliphatic rings. The number of nitrogens with one attached hydrogen (secondary N) is 1. The van der Waals surface area contributed by atoms with E-state index in [1.54, 1.807) is 31.3 Å². The second kappa shape index (κ2) is 7.63. The van der Waals surface area contributed by atoms with Gasteiger partial charge < -0.3 is 20.9 Å². The summed E-state index contributed by atoms with van der Waals surface area (Å²) in [6.45, 7) is 2.63. The van der Waals surface area contributed by atoms with Gasteiger partial charge in [0, 0.05) is 30.4 Å². The number of rotatable bonds is 6. The molecular weight excluding hydrogens is 318 g/mol.